The van der Waals surface area contributed by atoms with Crippen LogP contribution in [-0.2, 0) is 14.1 Å². The van der Waals surface area contributed by atoms with Crippen molar-refractivity contribution in [1.29, 1.82) is 0 Å². The topological polar surface area (TPSA) is 73.5 Å². The van der Waals surface area contributed by atoms with E-state index in [0.717, 1.165) is 0 Å². The number of pyridine rings is 2. The van der Waals surface area contributed by atoms with E-state index in [2.05, 4.69) is 0 Å². The molecule has 0 saturated carbocycles. The van der Waals surface area contributed by atoms with Gasteiger partial charge in [-0.15, -0.1) is 0 Å². The number of ether oxygens (including phenoxy) is 1. The van der Waals surface area contributed by atoms with Crippen LogP contribution in [0.1, 0.15) is 0 Å². The lowest BCUT2D eigenvalue weighted by molar-refractivity contribution is 0.459. The van der Waals surface area contributed by atoms with Crippen LogP contribution in [0, 0.1) is 0 Å². The van der Waals surface area contributed by atoms with E-state index in [1.807, 2.05) is 0 Å². The van der Waals surface area contributed by atoms with Gasteiger partial charge in [-0.2, -0.15) is 0 Å². The number of phenols is 1. The summed E-state index contributed by atoms with van der Waals surface area (Å²) in [5.41, 5.74) is 0.850. The first-order valence-electron chi connectivity index (χ1n) is 7.29. The number of aromatic nitrogens is 2. The number of aromatic hydroxyl groups is 1. The fourth-order valence-corrected chi connectivity index (χ4v) is 2.32. The molecule has 0 unspecified atom stereocenters. The molecular formula is C18H16N2O4. The molecule has 3 aromatic rings. The van der Waals surface area contributed by atoms with Crippen LogP contribution in [-0.4, -0.2) is 14.2 Å². The number of nitrogens with zero attached hydrogens (tertiary/aromatic N) is 2. The quantitative estimate of drug-likeness (QED) is 0.802. The molecular weight excluding hydrogens is 308 g/mol. The van der Waals surface area contributed by atoms with E-state index in [-0.39, 0.29) is 22.6 Å². The van der Waals surface area contributed by atoms with Gasteiger partial charge in [-0.1, -0.05) is 0 Å². The summed E-state index contributed by atoms with van der Waals surface area (Å²) in [5.74, 6) is 0.702. The fourth-order valence-electron chi connectivity index (χ4n) is 2.32. The van der Waals surface area contributed by atoms with Crippen LogP contribution in [0.15, 0.2) is 64.4 Å². The molecule has 6 nitrogen and oxygen atoms in total. The van der Waals surface area contributed by atoms with Crippen LogP contribution in [0.25, 0.3) is 11.1 Å². The Bertz CT molecular complexity index is 1000. The molecule has 0 saturated heterocycles. The van der Waals surface area contributed by atoms with E-state index in [9.17, 15) is 14.7 Å². The first-order valence-corrected chi connectivity index (χ1v) is 7.29. The van der Waals surface area contributed by atoms with Crippen molar-refractivity contribution < 1.29 is 9.84 Å². The molecule has 2 aromatic heterocycles. The molecule has 0 bridgehead atoms. The molecule has 3 rings (SSSR count). The monoisotopic (exact) mass is 324 g/mol. The minimum atomic E-state index is -0.297. The second kappa shape index (κ2) is 6.08. The van der Waals surface area contributed by atoms with Gasteiger partial charge in [-0.25, -0.2) is 0 Å². The molecule has 1 aromatic carbocycles. The zero-order valence-electron chi connectivity index (χ0n) is 13.3. The highest BCUT2D eigenvalue weighted by Gasteiger charge is 2.14. The van der Waals surface area contributed by atoms with Gasteiger partial charge in [-0.3, -0.25) is 9.59 Å². The molecule has 0 radical (unpaired) electrons. The number of rotatable bonds is 3. The van der Waals surface area contributed by atoms with Crippen LogP contribution in [0.5, 0.6) is 17.2 Å². The van der Waals surface area contributed by atoms with Crippen molar-refractivity contribution in [1.82, 2.24) is 9.13 Å². The van der Waals surface area contributed by atoms with Crippen molar-refractivity contribution in [3.8, 4) is 28.4 Å². The molecule has 0 fully saturated rings. The third-order valence-corrected chi connectivity index (χ3v) is 3.68. The number of benzene rings is 1. The predicted molar refractivity (Wildman–Crippen MR) is 90.5 cm³/mol. The first-order chi connectivity index (χ1) is 11.5. The van der Waals surface area contributed by atoms with Crippen molar-refractivity contribution >= 4 is 0 Å². The highest BCUT2D eigenvalue weighted by atomic mass is 16.5. The van der Waals surface area contributed by atoms with Gasteiger partial charge < -0.3 is 19.0 Å². The molecule has 0 amide bonds. The van der Waals surface area contributed by atoms with Crippen LogP contribution < -0.4 is 15.9 Å². The van der Waals surface area contributed by atoms with Crippen molar-refractivity contribution in [3.63, 3.8) is 0 Å². The third-order valence-electron chi connectivity index (χ3n) is 3.68. The number of hydrogen-bond donors (Lipinski definition) is 1. The summed E-state index contributed by atoms with van der Waals surface area (Å²) in [6.45, 7) is 0. The Morgan fingerprint density at radius 1 is 0.917 bits per heavy atom. The van der Waals surface area contributed by atoms with Crippen molar-refractivity contribution in [2.75, 3.05) is 0 Å². The number of hydrogen-bond acceptors (Lipinski definition) is 4. The molecule has 122 valence electrons. The molecule has 2 heterocycles. The average molecular weight is 324 g/mol. The Morgan fingerprint density at radius 3 is 2.29 bits per heavy atom. The zero-order chi connectivity index (χ0) is 17.3. The van der Waals surface area contributed by atoms with Gasteiger partial charge in [0, 0.05) is 43.7 Å². The van der Waals surface area contributed by atoms with E-state index in [0.29, 0.717) is 16.9 Å². The Labute approximate surface area is 137 Å². The zero-order valence-corrected chi connectivity index (χ0v) is 13.3. The van der Waals surface area contributed by atoms with Crippen LogP contribution in [0.4, 0.5) is 0 Å². The second-order valence-electron chi connectivity index (χ2n) is 5.44. The van der Waals surface area contributed by atoms with Gasteiger partial charge in [0.25, 0.3) is 5.56 Å². The Hall–Kier alpha value is -3.28. The van der Waals surface area contributed by atoms with Gasteiger partial charge >= 0.3 is 0 Å². The molecule has 0 atom stereocenters. The summed E-state index contributed by atoms with van der Waals surface area (Å²) >= 11 is 0. The molecule has 0 aliphatic rings. The lowest BCUT2D eigenvalue weighted by atomic mass is 10.1. The highest BCUT2D eigenvalue weighted by molar-refractivity contribution is 5.69. The molecule has 6 heteroatoms. The summed E-state index contributed by atoms with van der Waals surface area (Å²) in [5, 5.41) is 9.36. The summed E-state index contributed by atoms with van der Waals surface area (Å²) in [6.07, 6.45) is 3.30. The SMILES string of the molecule is Cn1cc(-c2ccn(C)c(=O)c2Oc2ccc(O)cc2)ccc1=O. The summed E-state index contributed by atoms with van der Waals surface area (Å²) in [6, 6.07) is 11.0. The largest absolute Gasteiger partial charge is 0.508 e. The summed E-state index contributed by atoms with van der Waals surface area (Å²) in [4.78, 5) is 24.1. The fraction of sp³-hybridized carbons (Fsp3) is 0.111. The smallest absolute Gasteiger partial charge is 0.293 e. The normalized spacial score (nSPS) is 10.6. The van der Waals surface area contributed by atoms with Gasteiger partial charge in [-0.05, 0) is 36.4 Å². The maximum Gasteiger partial charge on any atom is 0.293 e. The van der Waals surface area contributed by atoms with Gasteiger partial charge in [0.15, 0.2) is 5.75 Å². The summed E-state index contributed by atoms with van der Waals surface area (Å²) < 4.78 is 8.63. The molecule has 0 aliphatic carbocycles. The minimum Gasteiger partial charge on any atom is -0.508 e. The maximum atomic E-state index is 12.5. The van der Waals surface area contributed by atoms with Gasteiger partial charge in [0.1, 0.15) is 11.5 Å². The van der Waals surface area contributed by atoms with Gasteiger partial charge in [0.05, 0.1) is 0 Å². The molecule has 0 aliphatic heterocycles. The minimum absolute atomic E-state index is 0.113. The van der Waals surface area contributed by atoms with Crippen molar-refractivity contribution in [2.24, 2.45) is 14.1 Å². The van der Waals surface area contributed by atoms with E-state index in [4.69, 9.17) is 4.74 Å². The lowest BCUT2D eigenvalue weighted by Gasteiger charge is -2.13. The molecule has 1 N–H and O–H groups in total. The van der Waals surface area contributed by atoms with E-state index >= 15 is 0 Å². The van der Waals surface area contributed by atoms with Crippen molar-refractivity contribution in [2.45, 2.75) is 0 Å². The third kappa shape index (κ3) is 2.94. The number of phenolic OH excluding ortho intramolecular Hbond substituents is 1. The van der Waals surface area contributed by atoms with E-state index in [1.54, 1.807) is 50.8 Å². The van der Waals surface area contributed by atoms with Crippen LogP contribution >= 0.6 is 0 Å². The molecule has 0 spiro atoms. The summed E-state index contributed by atoms with van der Waals surface area (Å²) in [7, 11) is 3.28. The predicted octanol–water partition coefficient (Wildman–Crippen LogP) is 2.25. The Kier molecular flexibility index (Phi) is 3.95. The van der Waals surface area contributed by atoms with E-state index < -0.39 is 0 Å². The maximum absolute atomic E-state index is 12.5. The van der Waals surface area contributed by atoms with Gasteiger partial charge in [0.2, 0.25) is 5.56 Å². The van der Waals surface area contributed by atoms with Crippen LogP contribution in [0.3, 0.4) is 0 Å². The highest BCUT2D eigenvalue weighted by Crippen LogP contribution is 2.30. The van der Waals surface area contributed by atoms with E-state index in [1.165, 1.54) is 27.3 Å². The first kappa shape index (κ1) is 15.6. The lowest BCUT2D eigenvalue weighted by Crippen LogP contribution is -2.19. The second-order valence-corrected chi connectivity index (χ2v) is 5.44. The molecule has 24 heavy (non-hydrogen) atoms. The van der Waals surface area contributed by atoms with Crippen molar-refractivity contribution in [3.05, 3.63) is 75.6 Å². The van der Waals surface area contributed by atoms with Crippen LogP contribution in [0.2, 0.25) is 0 Å². The number of aryl methyl sites for hydroxylation is 2. The Balaban J connectivity index is 2.14. The standard InChI is InChI=1S/C18H16N2O4/c1-19-10-9-15(12-3-8-16(22)20(2)11-12)17(18(19)23)24-14-6-4-13(21)5-7-14/h3-11,21H,1-2H3. The average Bonchev–Trinajstić information content (AvgIpc) is 2.57. The Morgan fingerprint density at radius 2 is 1.62 bits per heavy atom.